The topological polar surface area (TPSA) is 49.8 Å². The molecule has 4 heteroatoms. The normalized spacial score (nSPS) is 10.3. The van der Waals surface area contributed by atoms with Crippen molar-refractivity contribution in [1.82, 2.24) is 9.97 Å². The van der Waals surface area contributed by atoms with Gasteiger partial charge in [0.05, 0.1) is 0 Å². The van der Waals surface area contributed by atoms with E-state index in [1.807, 2.05) is 13.1 Å². The fourth-order valence-electron chi connectivity index (χ4n) is 1.99. The first-order valence-electron chi connectivity index (χ1n) is 6.40. The molecule has 19 heavy (non-hydrogen) atoms. The molecule has 1 aromatic heterocycles. The molecule has 0 saturated carbocycles. The molecule has 0 bridgehead atoms. The standard InChI is InChI=1S/C15H20N4/c1-10-5-12(3)13(6-11(10)2)8-17-15-7-14(16-4)18-9-19-15/h5-7,9H,8H2,1-4H3,(H2,16,17,18,19). The highest BCUT2D eigenvalue weighted by molar-refractivity contribution is 5.47. The second-order valence-electron chi connectivity index (χ2n) is 4.75. The van der Waals surface area contributed by atoms with E-state index in [0.29, 0.717) is 0 Å². The Bertz CT molecular complexity index is 578. The smallest absolute Gasteiger partial charge is 0.131 e. The van der Waals surface area contributed by atoms with Crippen LogP contribution >= 0.6 is 0 Å². The first kappa shape index (κ1) is 13.3. The van der Waals surface area contributed by atoms with Crippen LogP contribution in [0.15, 0.2) is 24.5 Å². The molecular weight excluding hydrogens is 236 g/mol. The van der Waals surface area contributed by atoms with Crippen molar-refractivity contribution in [2.75, 3.05) is 17.7 Å². The number of aromatic nitrogens is 2. The van der Waals surface area contributed by atoms with Crippen LogP contribution in [0.3, 0.4) is 0 Å². The van der Waals surface area contributed by atoms with Crippen LogP contribution in [-0.2, 0) is 6.54 Å². The molecule has 0 fully saturated rings. The van der Waals surface area contributed by atoms with Crippen LogP contribution < -0.4 is 10.6 Å². The quantitative estimate of drug-likeness (QED) is 0.882. The third-order valence-electron chi connectivity index (χ3n) is 3.34. The molecule has 2 N–H and O–H groups in total. The number of nitrogens with zero attached hydrogens (tertiary/aromatic N) is 2. The van der Waals surface area contributed by atoms with Crippen molar-refractivity contribution >= 4 is 11.6 Å². The summed E-state index contributed by atoms with van der Waals surface area (Å²) in [5.41, 5.74) is 5.26. The van der Waals surface area contributed by atoms with Crippen molar-refractivity contribution in [1.29, 1.82) is 0 Å². The summed E-state index contributed by atoms with van der Waals surface area (Å²) in [4.78, 5) is 8.30. The van der Waals surface area contributed by atoms with E-state index in [9.17, 15) is 0 Å². The molecule has 0 spiro atoms. The maximum absolute atomic E-state index is 4.21. The van der Waals surface area contributed by atoms with E-state index < -0.39 is 0 Å². The van der Waals surface area contributed by atoms with Gasteiger partial charge in [0.2, 0.25) is 0 Å². The number of hydrogen-bond acceptors (Lipinski definition) is 4. The van der Waals surface area contributed by atoms with E-state index in [2.05, 4.69) is 53.5 Å². The summed E-state index contributed by atoms with van der Waals surface area (Å²) in [6.45, 7) is 7.20. The molecule has 0 aliphatic rings. The molecule has 0 unspecified atom stereocenters. The van der Waals surface area contributed by atoms with Crippen molar-refractivity contribution in [3.63, 3.8) is 0 Å². The van der Waals surface area contributed by atoms with Gasteiger partial charge in [-0.25, -0.2) is 9.97 Å². The van der Waals surface area contributed by atoms with Crippen molar-refractivity contribution in [2.24, 2.45) is 0 Å². The fraction of sp³-hybridized carbons (Fsp3) is 0.333. The zero-order valence-corrected chi connectivity index (χ0v) is 11.9. The van der Waals surface area contributed by atoms with Crippen LogP contribution in [0.4, 0.5) is 11.6 Å². The highest BCUT2D eigenvalue weighted by Crippen LogP contribution is 2.17. The predicted octanol–water partition coefficient (Wildman–Crippen LogP) is 3.06. The van der Waals surface area contributed by atoms with Gasteiger partial charge < -0.3 is 10.6 Å². The Kier molecular flexibility index (Phi) is 4.00. The van der Waals surface area contributed by atoms with E-state index in [1.165, 1.54) is 22.3 Å². The lowest BCUT2D eigenvalue weighted by atomic mass is 10.0. The molecule has 1 aromatic carbocycles. The molecule has 0 atom stereocenters. The first-order chi connectivity index (χ1) is 9.10. The van der Waals surface area contributed by atoms with E-state index in [0.717, 1.165) is 18.2 Å². The molecule has 0 aliphatic heterocycles. The minimum Gasteiger partial charge on any atom is -0.373 e. The molecule has 4 nitrogen and oxygen atoms in total. The highest BCUT2D eigenvalue weighted by atomic mass is 15.0. The SMILES string of the molecule is CNc1cc(NCc2cc(C)c(C)cc2C)ncn1. The number of aryl methyl sites for hydroxylation is 3. The molecule has 0 saturated heterocycles. The van der Waals surface area contributed by atoms with Crippen LogP contribution in [0.25, 0.3) is 0 Å². The van der Waals surface area contributed by atoms with E-state index in [1.54, 1.807) is 6.33 Å². The van der Waals surface area contributed by atoms with Gasteiger partial charge >= 0.3 is 0 Å². The summed E-state index contributed by atoms with van der Waals surface area (Å²) < 4.78 is 0. The molecule has 0 radical (unpaired) electrons. The van der Waals surface area contributed by atoms with Crippen LogP contribution in [0.5, 0.6) is 0 Å². The molecule has 2 rings (SSSR count). The molecule has 100 valence electrons. The van der Waals surface area contributed by atoms with Crippen LogP contribution in [-0.4, -0.2) is 17.0 Å². The van der Waals surface area contributed by atoms with Crippen LogP contribution in [0.2, 0.25) is 0 Å². The third-order valence-corrected chi connectivity index (χ3v) is 3.34. The van der Waals surface area contributed by atoms with E-state index in [4.69, 9.17) is 0 Å². The molecule has 1 heterocycles. The van der Waals surface area contributed by atoms with E-state index in [-0.39, 0.29) is 0 Å². The van der Waals surface area contributed by atoms with Gasteiger partial charge in [0, 0.05) is 19.7 Å². The average Bonchev–Trinajstić information content (AvgIpc) is 2.41. The Morgan fingerprint density at radius 3 is 2.32 bits per heavy atom. The predicted molar refractivity (Wildman–Crippen MR) is 79.6 cm³/mol. The first-order valence-corrected chi connectivity index (χ1v) is 6.40. The molecule has 0 aliphatic carbocycles. The van der Waals surface area contributed by atoms with Gasteiger partial charge in [-0.3, -0.25) is 0 Å². The van der Waals surface area contributed by atoms with Gasteiger partial charge in [0.1, 0.15) is 18.0 Å². The number of rotatable bonds is 4. The Labute approximate surface area is 114 Å². The van der Waals surface area contributed by atoms with Crippen LogP contribution in [0.1, 0.15) is 22.3 Å². The maximum atomic E-state index is 4.21. The molecule has 0 amide bonds. The lowest BCUT2D eigenvalue weighted by molar-refractivity contribution is 1.06. The number of hydrogen-bond donors (Lipinski definition) is 2. The lowest BCUT2D eigenvalue weighted by Crippen LogP contribution is -2.05. The van der Waals surface area contributed by atoms with Crippen molar-refractivity contribution in [3.8, 4) is 0 Å². The second kappa shape index (κ2) is 5.69. The summed E-state index contributed by atoms with van der Waals surface area (Å²) >= 11 is 0. The summed E-state index contributed by atoms with van der Waals surface area (Å²) in [6.07, 6.45) is 1.56. The summed E-state index contributed by atoms with van der Waals surface area (Å²) in [7, 11) is 1.85. The zero-order chi connectivity index (χ0) is 13.8. The Morgan fingerprint density at radius 2 is 1.58 bits per heavy atom. The average molecular weight is 256 g/mol. The van der Waals surface area contributed by atoms with Crippen molar-refractivity contribution in [2.45, 2.75) is 27.3 Å². The monoisotopic (exact) mass is 256 g/mol. The number of benzene rings is 1. The summed E-state index contributed by atoms with van der Waals surface area (Å²) in [5.74, 6) is 1.64. The molecule has 2 aromatic rings. The highest BCUT2D eigenvalue weighted by Gasteiger charge is 2.03. The molecular formula is C15H20N4. The third kappa shape index (κ3) is 3.22. The van der Waals surface area contributed by atoms with Gasteiger partial charge in [-0.15, -0.1) is 0 Å². The fourth-order valence-corrected chi connectivity index (χ4v) is 1.99. The lowest BCUT2D eigenvalue weighted by Gasteiger charge is -2.11. The van der Waals surface area contributed by atoms with Crippen molar-refractivity contribution < 1.29 is 0 Å². The van der Waals surface area contributed by atoms with Crippen LogP contribution in [0, 0.1) is 20.8 Å². The van der Waals surface area contributed by atoms with Gasteiger partial charge in [-0.05, 0) is 43.0 Å². The number of anilines is 2. The minimum absolute atomic E-state index is 0.771. The zero-order valence-electron chi connectivity index (χ0n) is 11.9. The van der Waals surface area contributed by atoms with Crippen molar-refractivity contribution in [3.05, 3.63) is 46.8 Å². The van der Waals surface area contributed by atoms with Gasteiger partial charge in [0.15, 0.2) is 0 Å². The largest absolute Gasteiger partial charge is 0.373 e. The van der Waals surface area contributed by atoms with Gasteiger partial charge in [-0.2, -0.15) is 0 Å². The Morgan fingerprint density at radius 1 is 0.895 bits per heavy atom. The Hall–Kier alpha value is -2.10. The summed E-state index contributed by atoms with van der Waals surface area (Å²) in [6, 6.07) is 6.36. The van der Waals surface area contributed by atoms with Gasteiger partial charge in [-0.1, -0.05) is 12.1 Å². The minimum atomic E-state index is 0.771. The van der Waals surface area contributed by atoms with E-state index >= 15 is 0 Å². The Balaban J connectivity index is 2.12. The maximum Gasteiger partial charge on any atom is 0.131 e. The second-order valence-corrected chi connectivity index (χ2v) is 4.75. The number of nitrogens with one attached hydrogen (secondary N) is 2. The van der Waals surface area contributed by atoms with Gasteiger partial charge in [0.25, 0.3) is 0 Å². The summed E-state index contributed by atoms with van der Waals surface area (Å²) in [5, 5.41) is 6.33.